The van der Waals surface area contributed by atoms with Crippen LogP contribution in [-0.4, -0.2) is 61.8 Å². The first-order chi connectivity index (χ1) is 11.6. The molecule has 0 aliphatic rings. The normalized spacial score (nSPS) is 11.8. The fourth-order valence-corrected chi connectivity index (χ4v) is 1.68. The molecule has 0 unspecified atom stereocenters. The molecule has 0 aliphatic heterocycles. The first-order valence-electron chi connectivity index (χ1n) is 7.76. The van der Waals surface area contributed by atoms with Crippen LogP contribution in [0.5, 0.6) is 0 Å². The van der Waals surface area contributed by atoms with Crippen LogP contribution in [0.1, 0.15) is 34.1 Å². The van der Waals surface area contributed by atoms with Crippen LogP contribution in [0.15, 0.2) is 0 Å². The molecular formula is C15H25NO9. The van der Waals surface area contributed by atoms with E-state index in [0.717, 1.165) is 0 Å². The molecule has 0 aromatic heterocycles. The van der Waals surface area contributed by atoms with Crippen LogP contribution in [-0.2, 0) is 28.5 Å². The third kappa shape index (κ3) is 9.38. The van der Waals surface area contributed by atoms with Crippen LogP contribution in [0.3, 0.4) is 0 Å². The van der Waals surface area contributed by atoms with Crippen molar-refractivity contribution < 1.29 is 43.2 Å². The lowest BCUT2D eigenvalue weighted by Gasteiger charge is -2.31. The second kappa shape index (κ2) is 11.1. The predicted molar refractivity (Wildman–Crippen MR) is 83.9 cm³/mol. The van der Waals surface area contributed by atoms with E-state index < -0.39 is 35.7 Å². The van der Waals surface area contributed by atoms with Crippen molar-refractivity contribution in [2.75, 3.05) is 26.4 Å². The Kier molecular flexibility index (Phi) is 9.99. The van der Waals surface area contributed by atoms with E-state index in [9.17, 15) is 19.2 Å². The van der Waals surface area contributed by atoms with Crippen molar-refractivity contribution in [3.05, 3.63) is 0 Å². The molecule has 10 heteroatoms. The van der Waals surface area contributed by atoms with Crippen LogP contribution in [0.4, 0.5) is 9.59 Å². The summed E-state index contributed by atoms with van der Waals surface area (Å²) in [4.78, 5) is 45.7. The summed E-state index contributed by atoms with van der Waals surface area (Å²) in [5.41, 5.74) is -1.12. The number of amides is 1. The maximum absolute atomic E-state index is 12.3. The Hall–Kier alpha value is -2.52. The highest BCUT2D eigenvalue weighted by atomic mass is 16.7. The van der Waals surface area contributed by atoms with E-state index in [1.807, 2.05) is 0 Å². The van der Waals surface area contributed by atoms with Crippen LogP contribution >= 0.6 is 0 Å². The highest BCUT2D eigenvalue weighted by molar-refractivity contribution is 5.84. The number of carboxylic acid groups (broad SMARTS) is 1. The van der Waals surface area contributed by atoms with Gasteiger partial charge in [-0.1, -0.05) is 13.8 Å². The molecule has 0 saturated heterocycles. The lowest BCUT2D eigenvalue weighted by Crippen LogP contribution is -2.49. The minimum absolute atomic E-state index is 0.0476. The summed E-state index contributed by atoms with van der Waals surface area (Å²) in [5, 5.41) is 11.0. The fraction of sp³-hybridized carbons (Fsp3) is 0.733. The number of rotatable bonds is 10. The van der Waals surface area contributed by atoms with E-state index in [-0.39, 0.29) is 32.8 Å². The SMILES string of the molecule is CCOC(=O)OCC(C)(C)[C@@H](OC(=O)OCC)C(=O)NCCC(=O)O. The van der Waals surface area contributed by atoms with Gasteiger partial charge in [0, 0.05) is 12.0 Å². The lowest BCUT2D eigenvalue weighted by molar-refractivity contribution is -0.141. The molecule has 0 spiro atoms. The van der Waals surface area contributed by atoms with E-state index in [0.29, 0.717) is 0 Å². The van der Waals surface area contributed by atoms with Gasteiger partial charge in [-0.2, -0.15) is 0 Å². The second-order valence-corrected chi connectivity index (χ2v) is 5.58. The molecule has 0 aliphatic carbocycles. The number of carboxylic acids is 1. The van der Waals surface area contributed by atoms with Gasteiger partial charge in [0.15, 0.2) is 6.10 Å². The topological polar surface area (TPSA) is 137 Å². The molecule has 0 radical (unpaired) electrons. The van der Waals surface area contributed by atoms with Gasteiger partial charge in [-0.25, -0.2) is 9.59 Å². The number of hydrogen-bond acceptors (Lipinski definition) is 8. The Bertz CT molecular complexity index is 476. The van der Waals surface area contributed by atoms with Gasteiger partial charge < -0.3 is 29.4 Å². The largest absolute Gasteiger partial charge is 0.509 e. The average Bonchev–Trinajstić information content (AvgIpc) is 2.50. The van der Waals surface area contributed by atoms with Gasteiger partial charge in [0.05, 0.1) is 19.6 Å². The van der Waals surface area contributed by atoms with Gasteiger partial charge in [0.25, 0.3) is 5.91 Å². The van der Waals surface area contributed by atoms with Gasteiger partial charge in [-0.15, -0.1) is 0 Å². The Morgan fingerprint density at radius 2 is 1.56 bits per heavy atom. The molecule has 144 valence electrons. The zero-order chi connectivity index (χ0) is 19.5. The Labute approximate surface area is 145 Å². The summed E-state index contributed by atoms with van der Waals surface area (Å²) in [6, 6.07) is 0. The molecule has 1 amide bonds. The van der Waals surface area contributed by atoms with E-state index in [1.54, 1.807) is 13.8 Å². The van der Waals surface area contributed by atoms with Gasteiger partial charge >= 0.3 is 18.3 Å². The number of ether oxygens (including phenoxy) is 4. The van der Waals surface area contributed by atoms with Gasteiger partial charge in [-0.3, -0.25) is 9.59 Å². The van der Waals surface area contributed by atoms with Crippen molar-refractivity contribution >= 4 is 24.2 Å². The molecule has 2 N–H and O–H groups in total. The monoisotopic (exact) mass is 363 g/mol. The first-order valence-corrected chi connectivity index (χ1v) is 7.76. The molecule has 10 nitrogen and oxygen atoms in total. The molecule has 0 saturated carbocycles. The quantitative estimate of drug-likeness (QED) is 0.550. The van der Waals surface area contributed by atoms with Crippen LogP contribution in [0, 0.1) is 5.41 Å². The number of carbonyl (C=O) groups is 4. The summed E-state index contributed by atoms with van der Waals surface area (Å²) in [6.07, 6.45) is -3.64. The van der Waals surface area contributed by atoms with Crippen LogP contribution < -0.4 is 5.32 Å². The highest BCUT2D eigenvalue weighted by Crippen LogP contribution is 2.25. The summed E-state index contributed by atoms with van der Waals surface area (Å²) < 4.78 is 19.2. The summed E-state index contributed by atoms with van der Waals surface area (Å²) in [5.74, 6) is -1.82. The summed E-state index contributed by atoms with van der Waals surface area (Å²) in [6.45, 7) is 5.99. The van der Waals surface area contributed by atoms with Crippen molar-refractivity contribution in [2.24, 2.45) is 5.41 Å². The predicted octanol–water partition coefficient (Wildman–Crippen LogP) is 1.32. The van der Waals surface area contributed by atoms with E-state index in [2.05, 4.69) is 14.8 Å². The highest BCUT2D eigenvalue weighted by Gasteiger charge is 2.40. The Morgan fingerprint density at radius 1 is 1.00 bits per heavy atom. The van der Waals surface area contributed by atoms with E-state index in [1.165, 1.54) is 13.8 Å². The van der Waals surface area contributed by atoms with Crippen LogP contribution in [0.25, 0.3) is 0 Å². The molecule has 25 heavy (non-hydrogen) atoms. The average molecular weight is 363 g/mol. The molecular weight excluding hydrogens is 338 g/mol. The molecule has 0 bridgehead atoms. The molecule has 0 fully saturated rings. The van der Waals surface area contributed by atoms with Crippen molar-refractivity contribution in [1.29, 1.82) is 0 Å². The van der Waals surface area contributed by atoms with Gasteiger partial charge in [0.1, 0.15) is 6.61 Å². The maximum atomic E-state index is 12.3. The number of hydrogen-bond donors (Lipinski definition) is 2. The number of aliphatic carboxylic acids is 1. The minimum Gasteiger partial charge on any atom is -0.481 e. The third-order valence-electron chi connectivity index (χ3n) is 2.89. The fourth-order valence-electron chi connectivity index (χ4n) is 1.68. The first kappa shape index (κ1) is 22.5. The Balaban J connectivity index is 4.99. The lowest BCUT2D eigenvalue weighted by atomic mass is 9.86. The molecule has 0 aromatic rings. The molecule has 0 heterocycles. The van der Waals surface area contributed by atoms with Crippen LogP contribution in [0.2, 0.25) is 0 Å². The second-order valence-electron chi connectivity index (χ2n) is 5.58. The Morgan fingerprint density at radius 3 is 2.08 bits per heavy atom. The summed E-state index contributed by atoms with van der Waals surface area (Å²) in [7, 11) is 0. The molecule has 0 aromatic carbocycles. The zero-order valence-corrected chi connectivity index (χ0v) is 14.8. The van der Waals surface area contributed by atoms with Crippen molar-refractivity contribution in [1.82, 2.24) is 5.32 Å². The smallest absolute Gasteiger partial charge is 0.481 e. The minimum atomic E-state index is -1.37. The number of nitrogens with one attached hydrogen (secondary N) is 1. The number of carbonyl (C=O) groups excluding carboxylic acids is 3. The summed E-state index contributed by atoms with van der Waals surface area (Å²) >= 11 is 0. The van der Waals surface area contributed by atoms with Gasteiger partial charge in [-0.05, 0) is 13.8 Å². The standard InChI is InChI=1S/C15H25NO9/c1-5-22-13(20)24-9-15(3,4)11(25-14(21)23-6-2)12(19)16-8-7-10(17)18/h11H,5-9H2,1-4H3,(H,16,19)(H,17,18)/t11-/m0/s1. The third-order valence-corrected chi connectivity index (χ3v) is 2.89. The van der Waals surface area contributed by atoms with E-state index >= 15 is 0 Å². The van der Waals surface area contributed by atoms with Crippen molar-refractivity contribution in [2.45, 2.75) is 40.2 Å². The van der Waals surface area contributed by atoms with Crippen molar-refractivity contribution in [3.63, 3.8) is 0 Å². The van der Waals surface area contributed by atoms with Gasteiger partial charge in [0.2, 0.25) is 0 Å². The molecule has 0 rings (SSSR count). The molecule has 1 atom stereocenters. The van der Waals surface area contributed by atoms with E-state index in [4.69, 9.17) is 14.6 Å². The maximum Gasteiger partial charge on any atom is 0.509 e. The zero-order valence-electron chi connectivity index (χ0n) is 14.8. The van der Waals surface area contributed by atoms with Crippen molar-refractivity contribution in [3.8, 4) is 0 Å².